The van der Waals surface area contributed by atoms with Crippen molar-refractivity contribution in [1.82, 2.24) is 5.09 Å². The molecule has 1 rings (SSSR count). The van der Waals surface area contributed by atoms with Crippen molar-refractivity contribution in [2.45, 2.75) is 24.6 Å². The van der Waals surface area contributed by atoms with Crippen molar-refractivity contribution in [2.75, 3.05) is 6.61 Å². The van der Waals surface area contributed by atoms with Crippen LogP contribution < -0.4 is 5.09 Å². The van der Waals surface area contributed by atoms with E-state index in [0.29, 0.717) is 6.42 Å². The van der Waals surface area contributed by atoms with Crippen molar-refractivity contribution in [3.63, 3.8) is 0 Å². The molecule has 2 radical (unpaired) electrons. The summed E-state index contributed by atoms with van der Waals surface area (Å²) in [6.45, 7) is -0.200. The Morgan fingerprint density at radius 2 is 2.42 bits per heavy atom. The van der Waals surface area contributed by atoms with Gasteiger partial charge >= 0.3 is 8.18 Å². The Labute approximate surface area is 72.4 Å². The fraction of sp³-hybridized carbons (Fsp3) is 1.00. The molecule has 3 N–H and O–H groups in total. The van der Waals surface area contributed by atoms with E-state index in [1.165, 1.54) is 0 Å². The van der Waals surface area contributed by atoms with Crippen LogP contribution in [0.3, 0.4) is 0 Å². The molecule has 4 atom stereocenters. The number of aliphatic hydroxyl groups excluding tert-OH is 1. The van der Waals surface area contributed by atoms with Crippen molar-refractivity contribution >= 4 is 16.0 Å². The maximum absolute atomic E-state index is 10.4. The quantitative estimate of drug-likeness (QED) is 0.387. The van der Waals surface area contributed by atoms with Crippen molar-refractivity contribution in [3.8, 4) is 0 Å². The van der Waals surface area contributed by atoms with Gasteiger partial charge in [0, 0.05) is 6.00 Å². The first kappa shape index (κ1) is 10.1. The molecular weight excluding hydrogens is 180 g/mol. The minimum absolute atomic E-state index is 0.200. The van der Waals surface area contributed by atoms with Gasteiger partial charge in [-0.1, -0.05) is 5.09 Å². The zero-order valence-corrected chi connectivity index (χ0v) is 7.28. The fourth-order valence-corrected chi connectivity index (χ4v) is 1.78. The Hall–Kier alpha value is 0.00494. The van der Waals surface area contributed by atoms with Gasteiger partial charge in [-0.05, 0) is 11.0 Å². The van der Waals surface area contributed by atoms with Gasteiger partial charge in [0.25, 0.3) is 0 Å². The predicted octanol–water partition coefficient (Wildman–Crippen LogP) is -1.13. The summed E-state index contributed by atoms with van der Waals surface area (Å²) in [5, 5.41) is 11.1. The highest BCUT2D eigenvalue weighted by molar-refractivity contribution is 7.35. The van der Waals surface area contributed by atoms with Crippen LogP contribution in [0.2, 0.25) is 0 Å². The third-order valence-electron chi connectivity index (χ3n) is 1.74. The van der Waals surface area contributed by atoms with Crippen LogP contribution in [0, 0.1) is 0 Å². The highest BCUT2D eigenvalue weighted by Gasteiger charge is 2.36. The third-order valence-corrected chi connectivity index (χ3v) is 2.29. The van der Waals surface area contributed by atoms with E-state index in [9.17, 15) is 4.57 Å². The summed E-state index contributed by atoms with van der Waals surface area (Å²) < 4.78 is 15.4. The minimum atomic E-state index is -2.41. The van der Waals surface area contributed by atoms with Crippen molar-refractivity contribution in [3.05, 3.63) is 0 Å². The second kappa shape index (κ2) is 4.30. The summed E-state index contributed by atoms with van der Waals surface area (Å²) in [6.07, 6.45) is -0.0431. The molecule has 0 bridgehead atoms. The summed E-state index contributed by atoms with van der Waals surface area (Å²) in [5.41, 5.74) is 0. The molecule has 0 aromatic heterocycles. The van der Waals surface area contributed by atoms with Crippen LogP contribution >= 0.6 is 8.18 Å². The third kappa shape index (κ3) is 2.50. The molecule has 66 valence electrons. The van der Waals surface area contributed by atoms with E-state index in [4.69, 9.17) is 22.6 Å². The largest absolute Gasteiger partial charge is 0.610 e. The van der Waals surface area contributed by atoms with Gasteiger partial charge in [-0.15, -0.1) is 4.89 Å². The summed E-state index contributed by atoms with van der Waals surface area (Å²) in [6, 6.07) is -0.798. The number of hydrogen-bond donors (Lipinski definition) is 3. The lowest BCUT2D eigenvalue weighted by Crippen LogP contribution is -2.34. The molecule has 0 aromatic rings. The van der Waals surface area contributed by atoms with Crippen molar-refractivity contribution in [1.29, 1.82) is 0 Å². The predicted molar refractivity (Wildman–Crippen MR) is 42.9 cm³/mol. The number of hydrogen-bond acceptors (Lipinski definition) is 3. The average molecular weight is 190 g/mol. The molecule has 1 aliphatic rings. The van der Waals surface area contributed by atoms with E-state index in [0.717, 1.165) is 0 Å². The Morgan fingerprint density at radius 1 is 1.75 bits per heavy atom. The lowest BCUT2D eigenvalue weighted by atomic mass is 9.95. The standard InChI is InChI=1S/C5H9BNO4P/c6-5-1-3(7-12(9)10)4(2-8)11-5/h3-5,8H,1-2H2,(H-,7,9,10)/p+1/t3?,4-,5-/m1/s1. The molecule has 1 fully saturated rings. The van der Waals surface area contributed by atoms with Crippen LogP contribution in [0.5, 0.6) is 0 Å². The molecule has 0 saturated carbocycles. The van der Waals surface area contributed by atoms with Gasteiger partial charge < -0.3 is 9.84 Å². The van der Waals surface area contributed by atoms with E-state index in [1.54, 1.807) is 0 Å². The Morgan fingerprint density at radius 3 is 2.92 bits per heavy atom. The topological polar surface area (TPSA) is 78.8 Å². The van der Waals surface area contributed by atoms with Crippen LogP contribution in [0.1, 0.15) is 6.42 Å². The van der Waals surface area contributed by atoms with Crippen molar-refractivity contribution in [2.24, 2.45) is 0 Å². The summed E-state index contributed by atoms with van der Waals surface area (Å²) >= 11 is 0. The second-order valence-electron chi connectivity index (χ2n) is 2.64. The first-order chi connectivity index (χ1) is 5.63. The zero-order valence-electron chi connectivity index (χ0n) is 6.38. The highest BCUT2D eigenvalue weighted by atomic mass is 31.1. The molecule has 1 heterocycles. The molecule has 7 heteroatoms. The van der Waals surface area contributed by atoms with Gasteiger partial charge in [0.15, 0.2) is 0 Å². The normalized spacial score (nSPS) is 36.8. The Balaban J connectivity index is 2.46. The summed E-state index contributed by atoms with van der Waals surface area (Å²) in [7, 11) is 3.01. The van der Waals surface area contributed by atoms with Crippen LogP contribution in [-0.4, -0.2) is 42.6 Å². The Bertz CT molecular complexity index is 181. The van der Waals surface area contributed by atoms with Crippen LogP contribution in [0.25, 0.3) is 0 Å². The van der Waals surface area contributed by atoms with E-state index in [-0.39, 0.29) is 12.6 Å². The zero-order chi connectivity index (χ0) is 9.14. The van der Waals surface area contributed by atoms with Gasteiger partial charge in [0.1, 0.15) is 7.85 Å². The van der Waals surface area contributed by atoms with E-state index in [1.807, 2.05) is 0 Å². The average Bonchev–Trinajstić information content (AvgIpc) is 2.29. The first-order valence-electron chi connectivity index (χ1n) is 3.57. The minimum Gasteiger partial charge on any atom is -0.394 e. The highest BCUT2D eigenvalue weighted by Crippen LogP contribution is 2.22. The van der Waals surface area contributed by atoms with Gasteiger partial charge in [-0.25, -0.2) is 0 Å². The molecule has 1 saturated heterocycles. The first-order valence-corrected chi connectivity index (χ1v) is 4.79. The van der Waals surface area contributed by atoms with E-state index >= 15 is 0 Å². The molecule has 5 nitrogen and oxygen atoms in total. The van der Waals surface area contributed by atoms with Crippen LogP contribution in [0.4, 0.5) is 0 Å². The van der Waals surface area contributed by atoms with Crippen LogP contribution in [-0.2, 0) is 9.30 Å². The van der Waals surface area contributed by atoms with E-state index in [2.05, 4.69) is 5.09 Å². The SMILES string of the molecule is [B][C@H]1CC(N[P+](=O)O)[C@@H](CO)O1. The number of nitrogens with one attached hydrogen (secondary N) is 1. The second-order valence-corrected chi connectivity index (χ2v) is 3.44. The summed E-state index contributed by atoms with van der Waals surface area (Å²) in [5.74, 6) is 0. The number of aliphatic hydroxyl groups is 1. The molecule has 0 aliphatic carbocycles. The summed E-state index contributed by atoms with van der Waals surface area (Å²) in [4.78, 5) is 8.53. The van der Waals surface area contributed by atoms with Crippen molar-refractivity contribution < 1.29 is 19.3 Å². The molecule has 2 unspecified atom stereocenters. The monoisotopic (exact) mass is 190 g/mol. The number of rotatable bonds is 3. The lowest BCUT2D eigenvalue weighted by molar-refractivity contribution is 0.0358. The molecule has 12 heavy (non-hydrogen) atoms. The van der Waals surface area contributed by atoms with Gasteiger partial charge in [0.05, 0.1) is 18.8 Å². The molecular formula is C5H10BNO4P+. The van der Waals surface area contributed by atoms with Crippen LogP contribution in [0.15, 0.2) is 0 Å². The van der Waals surface area contributed by atoms with Gasteiger partial charge in [0.2, 0.25) is 0 Å². The smallest absolute Gasteiger partial charge is 0.394 e. The molecule has 0 amide bonds. The maximum Gasteiger partial charge on any atom is 0.610 e. The molecule has 0 aromatic carbocycles. The number of ether oxygens (including phenoxy) is 1. The molecule has 1 aliphatic heterocycles. The fourth-order valence-electron chi connectivity index (χ4n) is 1.22. The lowest BCUT2D eigenvalue weighted by Gasteiger charge is -2.10. The van der Waals surface area contributed by atoms with E-state index < -0.39 is 20.3 Å². The van der Waals surface area contributed by atoms with Gasteiger partial charge in [-0.2, -0.15) is 0 Å². The Kier molecular flexibility index (Phi) is 3.62. The maximum atomic E-state index is 10.4. The van der Waals surface area contributed by atoms with Gasteiger partial charge in [-0.3, -0.25) is 0 Å². The molecule has 0 spiro atoms.